The van der Waals surface area contributed by atoms with E-state index in [1.807, 2.05) is 13.8 Å². The number of nitrogen functional groups attached to an aromatic ring is 1. The number of nitrogens with zero attached hydrogens (tertiary/aromatic N) is 1. The van der Waals surface area contributed by atoms with Crippen molar-refractivity contribution in [3.05, 3.63) is 34.1 Å². The van der Waals surface area contributed by atoms with Crippen LogP contribution in [0.25, 0.3) is 11.3 Å². The van der Waals surface area contributed by atoms with Gasteiger partial charge in [-0.1, -0.05) is 29.8 Å². The van der Waals surface area contributed by atoms with Gasteiger partial charge in [0.2, 0.25) is 0 Å². The van der Waals surface area contributed by atoms with Crippen molar-refractivity contribution in [3.63, 3.8) is 0 Å². The highest BCUT2D eigenvalue weighted by Gasteiger charge is 2.17. The van der Waals surface area contributed by atoms with Gasteiger partial charge in [-0.25, -0.2) is 4.39 Å². The van der Waals surface area contributed by atoms with E-state index in [1.54, 1.807) is 6.07 Å². The van der Waals surface area contributed by atoms with E-state index in [-0.39, 0.29) is 11.7 Å². The van der Waals surface area contributed by atoms with Gasteiger partial charge in [0.15, 0.2) is 0 Å². The molecule has 0 amide bonds. The second kappa shape index (κ2) is 4.49. The maximum absolute atomic E-state index is 13.3. The largest absolute Gasteiger partial charge is 0.382 e. The summed E-state index contributed by atoms with van der Waals surface area (Å²) in [4.78, 5) is 0. The first-order chi connectivity index (χ1) is 8.00. The van der Waals surface area contributed by atoms with Crippen LogP contribution < -0.4 is 5.73 Å². The fraction of sp³-hybridized carbons (Fsp3) is 0.250. The molecule has 1 aromatic carbocycles. The molecule has 0 fully saturated rings. The topological polar surface area (TPSA) is 54.7 Å². The van der Waals surface area contributed by atoms with Gasteiger partial charge in [-0.2, -0.15) is 5.10 Å². The minimum Gasteiger partial charge on any atom is -0.382 e. The Morgan fingerprint density at radius 1 is 1.41 bits per heavy atom. The molecule has 5 heteroatoms. The van der Waals surface area contributed by atoms with Crippen LogP contribution in [0, 0.1) is 5.82 Å². The molecule has 0 radical (unpaired) electrons. The maximum Gasteiger partial charge on any atom is 0.149 e. The van der Waals surface area contributed by atoms with Gasteiger partial charge in [0, 0.05) is 15.6 Å². The summed E-state index contributed by atoms with van der Waals surface area (Å²) >= 11 is 3.40. The van der Waals surface area contributed by atoms with E-state index in [2.05, 4.69) is 26.1 Å². The minimum atomic E-state index is -0.286. The molecule has 2 aromatic rings. The second-order valence-electron chi connectivity index (χ2n) is 4.18. The van der Waals surface area contributed by atoms with Crippen LogP contribution in [0.2, 0.25) is 0 Å². The number of rotatable bonds is 2. The predicted octanol–water partition coefficient (Wildman–Crippen LogP) is 3.68. The molecular formula is C12H13BrFN3. The zero-order valence-electron chi connectivity index (χ0n) is 9.59. The third-order valence-electron chi connectivity index (χ3n) is 2.61. The van der Waals surface area contributed by atoms with E-state index >= 15 is 0 Å². The Labute approximate surface area is 107 Å². The quantitative estimate of drug-likeness (QED) is 0.888. The molecule has 3 nitrogen and oxygen atoms in total. The molecule has 0 bridgehead atoms. The van der Waals surface area contributed by atoms with Crippen molar-refractivity contribution in [2.75, 3.05) is 5.73 Å². The Morgan fingerprint density at radius 3 is 2.76 bits per heavy atom. The number of H-pyrrole nitrogens is 1. The van der Waals surface area contributed by atoms with Crippen LogP contribution in [0.15, 0.2) is 22.7 Å². The van der Waals surface area contributed by atoms with Crippen molar-refractivity contribution in [1.29, 1.82) is 0 Å². The molecule has 0 aliphatic heterocycles. The molecule has 2 rings (SSSR count). The molecular weight excluding hydrogens is 285 g/mol. The van der Waals surface area contributed by atoms with Gasteiger partial charge in [0.25, 0.3) is 0 Å². The van der Waals surface area contributed by atoms with Crippen LogP contribution in [-0.2, 0) is 0 Å². The molecule has 0 spiro atoms. The number of aromatic amines is 1. The standard InChI is InChI=1S/C12H13BrFN3/c1-6(2)10-11(16-17-12(10)15)8-5-7(14)3-4-9(8)13/h3-6H,1-2H3,(H3,15,16,17). The molecule has 1 heterocycles. The Morgan fingerprint density at radius 2 is 2.12 bits per heavy atom. The van der Waals surface area contributed by atoms with Crippen LogP contribution in [0.1, 0.15) is 25.3 Å². The lowest BCUT2D eigenvalue weighted by Crippen LogP contribution is -1.95. The third kappa shape index (κ3) is 2.20. The van der Waals surface area contributed by atoms with E-state index in [1.165, 1.54) is 12.1 Å². The highest BCUT2D eigenvalue weighted by atomic mass is 79.9. The summed E-state index contributed by atoms with van der Waals surface area (Å²) in [5.41, 5.74) is 8.23. The Kier molecular flexibility index (Phi) is 3.19. The Bertz CT molecular complexity index is 549. The number of anilines is 1. The molecule has 17 heavy (non-hydrogen) atoms. The van der Waals surface area contributed by atoms with Gasteiger partial charge in [-0.3, -0.25) is 5.10 Å². The highest BCUT2D eigenvalue weighted by molar-refractivity contribution is 9.10. The molecule has 0 unspecified atom stereocenters. The normalized spacial score (nSPS) is 11.1. The van der Waals surface area contributed by atoms with E-state index in [0.717, 1.165) is 21.3 Å². The lowest BCUT2D eigenvalue weighted by Gasteiger charge is -2.09. The monoisotopic (exact) mass is 297 g/mol. The molecule has 1 aromatic heterocycles. The first-order valence-electron chi connectivity index (χ1n) is 5.30. The third-order valence-corrected chi connectivity index (χ3v) is 3.30. The number of hydrogen-bond donors (Lipinski definition) is 2. The highest BCUT2D eigenvalue weighted by Crippen LogP contribution is 2.35. The Hall–Kier alpha value is -1.36. The lowest BCUT2D eigenvalue weighted by molar-refractivity contribution is 0.628. The fourth-order valence-corrected chi connectivity index (χ4v) is 2.29. The van der Waals surface area contributed by atoms with E-state index in [0.29, 0.717) is 5.82 Å². The van der Waals surface area contributed by atoms with Gasteiger partial charge in [0.05, 0.1) is 5.69 Å². The number of halogens is 2. The summed E-state index contributed by atoms with van der Waals surface area (Å²) in [5.74, 6) is 0.399. The summed E-state index contributed by atoms with van der Waals surface area (Å²) in [6.07, 6.45) is 0. The van der Waals surface area contributed by atoms with Crippen LogP contribution in [0.3, 0.4) is 0 Å². The van der Waals surface area contributed by atoms with Crippen molar-refractivity contribution < 1.29 is 4.39 Å². The van der Waals surface area contributed by atoms with E-state index < -0.39 is 0 Å². The molecule has 0 saturated heterocycles. The predicted molar refractivity (Wildman–Crippen MR) is 70.2 cm³/mol. The summed E-state index contributed by atoms with van der Waals surface area (Å²) in [6, 6.07) is 4.54. The lowest BCUT2D eigenvalue weighted by atomic mass is 9.99. The van der Waals surface area contributed by atoms with Crippen molar-refractivity contribution in [2.24, 2.45) is 0 Å². The van der Waals surface area contributed by atoms with Crippen molar-refractivity contribution in [2.45, 2.75) is 19.8 Å². The number of nitrogens with two attached hydrogens (primary N) is 1. The number of benzene rings is 1. The van der Waals surface area contributed by atoms with Gasteiger partial charge >= 0.3 is 0 Å². The first-order valence-corrected chi connectivity index (χ1v) is 6.09. The average Bonchev–Trinajstić information content (AvgIpc) is 2.64. The van der Waals surface area contributed by atoms with Gasteiger partial charge in [-0.15, -0.1) is 0 Å². The zero-order valence-corrected chi connectivity index (χ0v) is 11.2. The molecule has 0 aliphatic rings. The molecule has 0 aliphatic carbocycles. The maximum atomic E-state index is 13.3. The van der Waals surface area contributed by atoms with Gasteiger partial charge in [0.1, 0.15) is 11.6 Å². The molecule has 0 saturated carbocycles. The number of hydrogen-bond acceptors (Lipinski definition) is 2. The van der Waals surface area contributed by atoms with Crippen LogP contribution in [-0.4, -0.2) is 10.2 Å². The average molecular weight is 298 g/mol. The van der Waals surface area contributed by atoms with E-state index in [9.17, 15) is 4.39 Å². The summed E-state index contributed by atoms with van der Waals surface area (Å²) < 4.78 is 14.1. The van der Waals surface area contributed by atoms with Gasteiger partial charge in [-0.05, 0) is 24.1 Å². The molecule has 3 N–H and O–H groups in total. The van der Waals surface area contributed by atoms with Crippen molar-refractivity contribution >= 4 is 21.7 Å². The summed E-state index contributed by atoms with van der Waals surface area (Å²) in [7, 11) is 0. The number of aromatic nitrogens is 2. The van der Waals surface area contributed by atoms with Crippen LogP contribution >= 0.6 is 15.9 Å². The summed E-state index contributed by atoms with van der Waals surface area (Å²) in [6.45, 7) is 4.05. The first kappa shape index (κ1) is 12.1. The zero-order chi connectivity index (χ0) is 12.6. The summed E-state index contributed by atoms with van der Waals surface area (Å²) in [5, 5.41) is 6.86. The number of nitrogens with one attached hydrogen (secondary N) is 1. The minimum absolute atomic E-state index is 0.221. The fourth-order valence-electron chi connectivity index (χ4n) is 1.84. The SMILES string of the molecule is CC(C)c1c(N)n[nH]c1-c1cc(F)ccc1Br. The molecule has 90 valence electrons. The Balaban J connectivity index is 2.64. The van der Waals surface area contributed by atoms with Crippen LogP contribution in [0.4, 0.5) is 10.2 Å². The van der Waals surface area contributed by atoms with E-state index in [4.69, 9.17) is 5.73 Å². The van der Waals surface area contributed by atoms with Crippen LogP contribution in [0.5, 0.6) is 0 Å². The molecule has 0 atom stereocenters. The van der Waals surface area contributed by atoms with Gasteiger partial charge < -0.3 is 5.73 Å². The smallest absolute Gasteiger partial charge is 0.149 e. The van der Waals surface area contributed by atoms with Crippen molar-refractivity contribution in [3.8, 4) is 11.3 Å². The van der Waals surface area contributed by atoms with Crippen molar-refractivity contribution in [1.82, 2.24) is 10.2 Å². The second-order valence-corrected chi connectivity index (χ2v) is 5.03.